The highest BCUT2D eigenvalue weighted by molar-refractivity contribution is 5.73. The van der Waals surface area contributed by atoms with Crippen molar-refractivity contribution in [3.8, 4) is 16.9 Å². The van der Waals surface area contributed by atoms with E-state index in [1.54, 1.807) is 12.3 Å². The molecule has 6 nitrogen and oxygen atoms in total. The summed E-state index contributed by atoms with van der Waals surface area (Å²) in [5, 5.41) is 0. The second-order valence-electron chi connectivity index (χ2n) is 5.73. The number of pyridine rings is 1. The molecule has 0 bridgehead atoms. The quantitative estimate of drug-likeness (QED) is 0.795. The number of nitrogens with two attached hydrogens (primary N) is 1. The van der Waals surface area contributed by atoms with Crippen LogP contribution >= 0.6 is 0 Å². The molecule has 0 aliphatic rings. The fraction of sp³-hybridized carbons (Fsp3) is 0.167. The summed E-state index contributed by atoms with van der Waals surface area (Å²) in [5.41, 5.74) is 8.58. The number of nitrogens with zero attached hydrogens (tertiary/aromatic N) is 3. The molecular formula is C18H18N4O2. The molecule has 0 unspecified atom stereocenters. The lowest BCUT2D eigenvalue weighted by Crippen LogP contribution is -2.27. The number of imidazole rings is 1. The van der Waals surface area contributed by atoms with Crippen LogP contribution in [0, 0.1) is 13.8 Å². The van der Waals surface area contributed by atoms with Gasteiger partial charge in [0.2, 0.25) is 5.91 Å². The van der Waals surface area contributed by atoms with Gasteiger partial charge in [-0.3, -0.25) is 9.59 Å². The summed E-state index contributed by atoms with van der Waals surface area (Å²) in [6.07, 6.45) is 3.46. The van der Waals surface area contributed by atoms with Gasteiger partial charge in [-0.25, -0.2) is 4.98 Å². The molecule has 1 amide bonds. The van der Waals surface area contributed by atoms with Crippen molar-refractivity contribution in [3.05, 3.63) is 70.5 Å². The van der Waals surface area contributed by atoms with E-state index in [2.05, 4.69) is 11.1 Å². The maximum absolute atomic E-state index is 12.1. The van der Waals surface area contributed by atoms with Gasteiger partial charge in [-0.15, -0.1) is 0 Å². The van der Waals surface area contributed by atoms with Gasteiger partial charge in [-0.1, -0.05) is 23.8 Å². The number of hydrogen-bond acceptors (Lipinski definition) is 3. The number of benzene rings is 1. The van der Waals surface area contributed by atoms with Crippen molar-refractivity contribution in [1.82, 2.24) is 14.1 Å². The number of amides is 1. The zero-order chi connectivity index (χ0) is 17.3. The van der Waals surface area contributed by atoms with E-state index in [0.717, 1.165) is 22.6 Å². The summed E-state index contributed by atoms with van der Waals surface area (Å²) in [5.74, 6) is 0.226. The Morgan fingerprint density at radius 3 is 2.67 bits per heavy atom. The van der Waals surface area contributed by atoms with E-state index in [1.165, 1.54) is 10.6 Å². The number of carbonyl (C=O) groups excluding carboxylic acids is 1. The minimum Gasteiger partial charge on any atom is -0.368 e. The van der Waals surface area contributed by atoms with Crippen LogP contribution in [-0.2, 0) is 11.3 Å². The lowest BCUT2D eigenvalue weighted by atomic mass is 10.1. The molecule has 3 rings (SSSR count). The van der Waals surface area contributed by atoms with E-state index in [-0.39, 0.29) is 12.1 Å². The molecule has 0 aliphatic carbocycles. The molecule has 2 heterocycles. The number of primary amides is 1. The molecule has 2 N–H and O–H groups in total. The Labute approximate surface area is 139 Å². The lowest BCUT2D eigenvalue weighted by molar-refractivity contribution is -0.118. The van der Waals surface area contributed by atoms with Gasteiger partial charge in [0, 0.05) is 24.0 Å². The third-order valence-electron chi connectivity index (χ3n) is 3.78. The molecule has 1 aromatic carbocycles. The van der Waals surface area contributed by atoms with Crippen molar-refractivity contribution in [2.45, 2.75) is 20.4 Å². The van der Waals surface area contributed by atoms with E-state index in [9.17, 15) is 9.59 Å². The van der Waals surface area contributed by atoms with E-state index in [1.807, 2.05) is 42.8 Å². The van der Waals surface area contributed by atoms with Gasteiger partial charge >= 0.3 is 0 Å². The molecular weight excluding hydrogens is 304 g/mol. The van der Waals surface area contributed by atoms with Crippen molar-refractivity contribution in [2.75, 3.05) is 0 Å². The molecule has 0 fully saturated rings. The second kappa shape index (κ2) is 6.16. The number of aromatic nitrogens is 3. The zero-order valence-electron chi connectivity index (χ0n) is 13.6. The predicted octanol–water partition coefficient (Wildman–Crippen LogP) is 1.80. The Morgan fingerprint density at radius 2 is 2.00 bits per heavy atom. The topological polar surface area (TPSA) is 82.9 Å². The van der Waals surface area contributed by atoms with Gasteiger partial charge in [-0.2, -0.15) is 0 Å². The normalized spacial score (nSPS) is 10.8. The Kier molecular flexibility index (Phi) is 4.04. The first-order valence-corrected chi connectivity index (χ1v) is 7.56. The van der Waals surface area contributed by atoms with Crippen LogP contribution in [0.5, 0.6) is 0 Å². The first-order chi connectivity index (χ1) is 11.4. The van der Waals surface area contributed by atoms with Gasteiger partial charge in [0.1, 0.15) is 12.4 Å². The van der Waals surface area contributed by atoms with Gasteiger partial charge in [0.15, 0.2) is 0 Å². The fourth-order valence-electron chi connectivity index (χ4n) is 2.62. The predicted molar refractivity (Wildman–Crippen MR) is 91.9 cm³/mol. The highest BCUT2D eigenvalue weighted by Crippen LogP contribution is 2.21. The molecule has 0 spiro atoms. The van der Waals surface area contributed by atoms with Crippen molar-refractivity contribution >= 4 is 5.91 Å². The summed E-state index contributed by atoms with van der Waals surface area (Å²) in [7, 11) is 0. The van der Waals surface area contributed by atoms with E-state index in [4.69, 9.17) is 5.73 Å². The smallest absolute Gasteiger partial charge is 0.253 e. The maximum Gasteiger partial charge on any atom is 0.253 e. The summed E-state index contributed by atoms with van der Waals surface area (Å²) < 4.78 is 3.13. The van der Waals surface area contributed by atoms with Crippen LogP contribution in [0.15, 0.2) is 53.6 Å². The highest BCUT2D eigenvalue weighted by Gasteiger charge is 2.10. The number of carbonyl (C=O) groups is 1. The minimum absolute atomic E-state index is 0.128. The van der Waals surface area contributed by atoms with Crippen LogP contribution in [0.1, 0.15) is 11.4 Å². The Hall–Kier alpha value is -3.15. The number of aryl methyl sites for hydroxylation is 2. The molecule has 6 heteroatoms. The van der Waals surface area contributed by atoms with Crippen LogP contribution in [0.25, 0.3) is 16.9 Å². The highest BCUT2D eigenvalue weighted by atomic mass is 16.2. The Balaban J connectivity index is 2.00. The molecule has 3 aromatic rings. The van der Waals surface area contributed by atoms with Crippen molar-refractivity contribution in [1.29, 1.82) is 0 Å². The molecule has 2 aromatic heterocycles. The molecule has 0 saturated carbocycles. The molecule has 0 atom stereocenters. The molecule has 0 aliphatic heterocycles. The fourth-order valence-corrected chi connectivity index (χ4v) is 2.62. The average Bonchev–Trinajstić information content (AvgIpc) is 2.91. The maximum atomic E-state index is 12.1. The standard InChI is InChI=1S/C18H18N4O2/c1-12-4-3-5-14(8-12)16-10-22(13(2)20-16)15-6-7-21(11-17(19)23)18(24)9-15/h3-10H,11H2,1-2H3,(H2,19,23). The zero-order valence-corrected chi connectivity index (χ0v) is 13.6. The first-order valence-electron chi connectivity index (χ1n) is 7.56. The van der Waals surface area contributed by atoms with Crippen LogP contribution < -0.4 is 11.3 Å². The first kappa shape index (κ1) is 15.7. The van der Waals surface area contributed by atoms with Crippen LogP contribution in [0.4, 0.5) is 0 Å². The third-order valence-corrected chi connectivity index (χ3v) is 3.78. The number of hydrogen-bond donors (Lipinski definition) is 1. The lowest BCUT2D eigenvalue weighted by Gasteiger charge is -2.07. The molecule has 24 heavy (non-hydrogen) atoms. The summed E-state index contributed by atoms with van der Waals surface area (Å²) >= 11 is 0. The molecule has 122 valence electrons. The molecule has 0 radical (unpaired) electrons. The van der Waals surface area contributed by atoms with Crippen LogP contribution in [-0.4, -0.2) is 20.0 Å². The van der Waals surface area contributed by atoms with E-state index in [0.29, 0.717) is 5.69 Å². The number of rotatable bonds is 4. The van der Waals surface area contributed by atoms with Crippen molar-refractivity contribution < 1.29 is 4.79 Å². The monoisotopic (exact) mass is 322 g/mol. The van der Waals surface area contributed by atoms with Crippen molar-refractivity contribution in [2.24, 2.45) is 5.73 Å². The van der Waals surface area contributed by atoms with E-state index < -0.39 is 5.91 Å². The Morgan fingerprint density at radius 1 is 1.21 bits per heavy atom. The van der Waals surface area contributed by atoms with Gasteiger partial charge in [0.05, 0.1) is 11.4 Å². The second-order valence-corrected chi connectivity index (χ2v) is 5.73. The summed E-state index contributed by atoms with van der Waals surface area (Å²) in [6.45, 7) is 3.79. The van der Waals surface area contributed by atoms with E-state index >= 15 is 0 Å². The van der Waals surface area contributed by atoms with Gasteiger partial charge in [0.25, 0.3) is 5.56 Å². The molecule has 0 saturated heterocycles. The average molecular weight is 322 g/mol. The summed E-state index contributed by atoms with van der Waals surface area (Å²) in [6, 6.07) is 11.3. The Bertz CT molecular complexity index is 969. The van der Waals surface area contributed by atoms with Gasteiger partial charge in [-0.05, 0) is 26.0 Å². The van der Waals surface area contributed by atoms with Gasteiger partial charge < -0.3 is 14.9 Å². The SMILES string of the molecule is Cc1cccc(-c2cn(-c3ccn(CC(N)=O)c(=O)c3)c(C)n2)c1. The van der Waals surface area contributed by atoms with Crippen molar-refractivity contribution in [3.63, 3.8) is 0 Å². The largest absolute Gasteiger partial charge is 0.368 e. The third kappa shape index (κ3) is 3.12. The summed E-state index contributed by atoms with van der Waals surface area (Å²) in [4.78, 5) is 27.6. The van der Waals surface area contributed by atoms with Crippen LogP contribution in [0.3, 0.4) is 0 Å². The van der Waals surface area contributed by atoms with Crippen LogP contribution in [0.2, 0.25) is 0 Å². The minimum atomic E-state index is -0.551.